The lowest BCUT2D eigenvalue weighted by atomic mass is 9.90. The molecule has 0 saturated heterocycles. The Morgan fingerprint density at radius 3 is 2.48 bits per heavy atom. The van der Waals surface area contributed by atoms with Gasteiger partial charge in [0.2, 0.25) is 0 Å². The number of halogens is 1. The number of rotatable bonds is 4. The van der Waals surface area contributed by atoms with E-state index >= 15 is 0 Å². The van der Waals surface area contributed by atoms with Gasteiger partial charge in [-0.3, -0.25) is 9.59 Å². The lowest BCUT2D eigenvalue weighted by molar-refractivity contribution is -0.127. The van der Waals surface area contributed by atoms with Crippen LogP contribution in [-0.4, -0.2) is 29.1 Å². The van der Waals surface area contributed by atoms with Crippen LogP contribution in [0.25, 0.3) is 11.1 Å². The van der Waals surface area contributed by atoms with Crippen LogP contribution in [0.3, 0.4) is 0 Å². The molecule has 0 spiro atoms. The number of benzene rings is 2. The van der Waals surface area contributed by atoms with Crippen LogP contribution < -0.4 is 10.6 Å². The number of hydrogen-bond donors (Lipinski definition) is 3. The van der Waals surface area contributed by atoms with Gasteiger partial charge in [-0.1, -0.05) is 61.2 Å². The highest BCUT2D eigenvalue weighted by atomic mass is 35.5. The first-order chi connectivity index (χ1) is 14.0. The molecule has 4 rings (SSSR count). The van der Waals surface area contributed by atoms with Crippen LogP contribution in [0.5, 0.6) is 0 Å². The first-order valence-electron chi connectivity index (χ1n) is 9.94. The van der Waals surface area contributed by atoms with E-state index in [9.17, 15) is 14.7 Å². The maximum absolute atomic E-state index is 12.9. The molecule has 1 unspecified atom stereocenters. The Balaban J connectivity index is 1.76. The van der Waals surface area contributed by atoms with Crippen LogP contribution in [0, 0.1) is 0 Å². The van der Waals surface area contributed by atoms with E-state index in [-0.39, 0.29) is 17.5 Å². The Morgan fingerprint density at radius 2 is 1.76 bits per heavy atom. The summed E-state index contributed by atoms with van der Waals surface area (Å²) in [5, 5.41) is 17.4. The molecule has 0 bridgehead atoms. The fourth-order valence-electron chi connectivity index (χ4n) is 4.11. The summed E-state index contributed by atoms with van der Waals surface area (Å²) in [6.45, 7) is 0. The van der Waals surface area contributed by atoms with Gasteiger partial charge in [0.15, 0.2) is 6.10 Å². The van der Waals surface area contributed by atoms with E-state index in [1.807, 2.05) is 18.2 Å². The van der Waals surface area contributed by atoms with Crippen molar-refractivity contribution >= 4 is 40.2 Å². The highest BCUT2D eigenvalue weighted by Crippen LogP contribution is 2.38. The minimum atomic E-state index is -1.47. The molecule has 2 aliphatic rings. The van der Waals surface area contributed by atoms with E-state index in [0.717, 1.165) is 25.7 Å². The SMILES string of the molecule is O=C1Nc2ccccc2/C1=C(/c1ccc(Cl)cc1)C(O)C(=O)NC1CCCCC1. The first kappa shape index (κ1) is 19.7. The van der Waals surface area contributed by atoms with Gasteiger partial charge in [0, 0.05) is 27.9 Å². The number of aliphatic hydroxyl groups is 1. The highest BCUT2D eigenvalue weighted by molar-refractivity contribution is 6.38. The molecule has 2 aromatic rings. The molecule has 0 radical (unpaired) electrons. The Hall–Kier alpha value is -2.63. The molecule has 1 saturated carbocycles. The summed E-state index contributed by atoms with van der Waals surface area (Å²) >= 11 is 6.02. The van der Waals surface area contributed by atoms with Gasteiger partial charge >= 0.3 is 0 Å². The molecule has 29 heavy (non-hydrogen) atoms. The number of carbonyl (C=O) groups is 2. The van der Waals surface area contributed by atoms with E-state index in [0.29, 0.717) is 27.4 Å². The quantitative estimate of drug-likeness (QED) is 0.666. The molecule has 1 atom stereocenters. The molecule has 6 heteroatoms. The molecule has 1 fully saturated rings. The number of para-hydroxylation sites is 1. The second-order valence-electron chi connectivity index (χ2n) is 7.54. The smallest absolute Gasteiger partial charge is 0.256 e. The average Bonchev–Trinajstić information content (AvgIpc) is 3.06. The molecule has 5 nitrogen and oxygen atoms in total. The zero-order valence-electron chi connectivity index (χ0n) is 16.0. The number of aliphatic hydroxyl groups excluding tert-OH is 1. The van der Waals surface area contributed by atoms with Crippen molar-refractivity contribution in [3.63, 3.8) is 0 Å². The second-order valence-corrected chi connectivity index (χ2v) is 7.98. The molecule has 1 aliphatic carbocycles. The van der Waals surface area contributed by atoms with Gasteiger partial charge in [0.1, 0.15) is 0 Å². The summed E-state index contributed by atoms with van der Waals surface area (Å²) in [5.41, 5.74) is 2.53. The Morgan fingerprint density at radius 1 is 1.07 bits per heavy atom. The molecule has 2 amide bonds. The van der Waals surface area contributed by atoms with Gasteiger partial charge in [0.05, 0.1) is 5.57 Å². The number of amides is 2. The standard InChI is InChI=1S/C23H23ClN2O3/c24-15-12-10-14(11-13-15)19(20-17-8-4-5-9-18(17)26-22(20)28)21(27)23(29)25-16-6-2-1-3-7-16/h4-5,8-13,16,21,27H,1-3,6-7H2,(H,25,29)(H,26,28)/b20-19+. The van der Waals surface area contributed by atoms with Crippen molar-refractivity contribution in [3.8, 4) is 0 Å². The predicted molar refractivity (Wildman–Crippen MR) is 114 cm³/mol. The number of hydrogen-bond acceptors (Lipinski definition) is 3. The fraction of sp³-hybridized carbons (Fsp3) is 0.304. The first-order valence-corrected chi connectivity index (χ1v) is 10.3. The van der Waals surface area contributed by atoms with Crippen LogP contribution in [0.15, 0.2) is 48.5 Å². The summed E-state index contributed by atoms with van der Waals surface area (Å²) < 4.78 is 0. The number of nitrogens with one attached hydrogen (secondary N) is 2. The zero-order valence-corrected chi connectivity index (χ0v) is 16.7. The van der Waals surface area contributed by atoms with Gasteiger partial charge in [-0.2, -0.15) is 0 Å². The van der Waals surface area contributed by atoms with Gasteiger partial charge in [0.25, 0.3) is 11.8 Å². The summed E-state index contributed by atoms with van der Waals surface area (Å²) in [4.78, 5) is 25.7. The number of carbonyl (C=O) groups excluding carboxylic acids is 2. The Labute approximate surface area is 174 Å². The predicted octanol–water partition coefficient (Wildman–Crippen LogP) is 4.01. The maximum Gasteiger partial charge on any atom is 0.256 e. The van der Waals surface area contributed by atoms with Crippen LogP contribution in [-0.2, 0) is 9.59 Å². The molecule has 1 aliphatic heterocycles. The lowest BCUT2D eigenvalue weighted by Crippen LogP contribution is -2.43. The summed E-state index contributed by atoms with van der Waals surface area (Å²) in [7, 11) is 0. The van der Waals surface area contributed by atoms with E-state index in [1.165, 1.54) is 6.42 Å². The van der Waals surface area contributed by atoms with E-state index in [2.05, 4.69) is 10.6 Å². The van der Waals surface area contributed by atoms with Crippen molar-refractivity contribution in [1.29, 1.82) is 0 Å². The lowest BCUT2D eigenvalue weighted by Gasteiger charge is -2.25. The zero-order chi connectivity index (χ0) is 20.4. The van der Waals surface area contributed by atoms with Crippen molar-refractivity contribution in [2.75, 3.05) is 5.32 Å². The normalized spacial score (nSPS) is 19.3. The molecule has 1 heterocycles. The van der Waals surface area contributed by atoms with Crippen molar-refractivity contribution < 1.29 is 14.7 Å². The topological polar surface area (TPSA) is 78.4 Å². The fourth-order valence-corrected chi connectivity index (χ4v) is 4.24. The molecule has 3 N–H and O–H groups in total. The van der Waals surface area contributed by atoms with E-state index in [4.69, 9.17) is 11.6 Å². The Bertz CT molecular complexity index is 962. The van der Waals surface area contributed by atoms with Crippen molar-refractivity contribution in [3.05, 3.63) is 64.7 Å². The molecular formula is C23H23ClN2O3. The van der Waals surface area contributed by atoms with Crippen molar-refractivity contribution in [2.24, 2.45) is 0 Å². The summed E-state index contributed by atoms with van der Waals surface area (Å²) in [5.74, 6) is -0.813. The van der Waals surface area contributed by atoms with E-state index in [1.54, 1.807) is 30.3 Å². The van der Waals surface area contributed by atoms with Gasteiger partial charge in [-0.15, -0.1) is 0 Å². The monoisotopic (exact) mass is 410 g/mol. The van der Waals surface area contributed by atoms with Crippen LogP contribution in [0.4, 0.5) is 5.69 Å². The van der Waals surface area contributed by atoms with Gasteiger partial charge < -0.3 is 15.7 Å². The van der Waals surface area contributed by atoms with Gasteiger partial charge in [-0.05, 0) is 36.6 Å². The van der Waals surface area contributed by atoms with Crippen molar-refractivity contribution in [1.82, 2.24) is 5.32 Å². The van der Waals surface area contributed by atoms with Crippen LogP contribution in [0.2, 0.25) is 5.02 Å². The highest BCUT2D eigenvalue weighted by Gasteiger charge is 2.34. The maximum atomic E-state index is 12.9. The molecular weight excluding hydrogens is 388 g/mol. The molecule has 150 valence electrons. The Kier molecular flexibility index (Phi) is 5.69. The van der Waals surface area contributed by atoms with Crippen LogP contribution >= 0.6 is 11.6 Å². The third kappa shape index (κ3) is 4.07. The van der Waals surface area contributed by atoms with Crippen LogP contribution in [0.1, 0.15) is 43.2 Å². The molecule has 2 aromatic carbocycles. The average molecular weight is 411 g/mol. The third-order valence-electron chi connectivity index (χ3n) is 5.57. The summed E-state index contributed by atoms with van der Waals surface area (Å²) in [6.07, 6.45) is 3.67. The van der Waals surface area contributed by atoms with Crippen molar-refractivity contribution in [2.45, 2.75) is 44.2 Å². The number of anilines is 1. The number of fused-ring (bicyclic) bond motifs is 1. The minimum Gasteiger partial charge on any atom is -0.378 e. The largest absolute Gasteiger partial charge is 0.378 e. The van der Waals surface area contributed by atoms with E-state index < -0.39 is 12.0 Å². The third-order valence-corrected chi connectivity index (χ3v) is 5.82. The molecule has 0 aromatic heterocycles. The minimum absolute atomic E-state index is 0.0621. The van der Waals surface area contributed by atoms with Gasteiger partial charge in [-0.25, -0.2) is 0 Å². The summed E-state index contributed by atoms with van der Waals surface area (Å²) in [6, 6.07) is 14.1. The second kappa shape index (κ2) is 8.39.